The highest BCUT2D eigenvalue weighted by Gasteiger charge is 2.44. The molecule has 0 bridgehead atoms. The molecule has 0 spiro atoms. The van der Waals surface area contributed by atoms with Crippen LogP contribution in [0.15, 0.2) is 11.6 Å². The molecule has 0 aromatic rings. The average molecular weight is 194 g/mol. The van der Waals surface area contributed by atoms with Crippen LogP contribution in [0.4, 0.5) is 0 Å². The number of aliphatic hydroxyl groups is 1. The highest BCUT2D eigenvalue weighted by Crippen LogP contribution is 2.48. The summed E-state index contributed by atoms with van der Waals surface area (Å²) in [6.45, 7) is 4.26. The van der Waals surface area contributed by atoms with E-state index in [-0.39, 0.29) is 17.3 Å². The van der Waals surface area contributed by atoms with Gasteiger partial charge in [-0.3, -0.25) is 4.79 Å². The van der Waals surface area contributed by atoms with Gasteiger partial charge in [-0.1, -0.05) is 19.4 Å². The van der Waals surface area contributed by atoms with Gasteiger partial charge >= 0.3 is 0 Å². The zero-order valence-corrected chi connectivity index (χ0v) is 8.92. The Kier molecular flexibility index (Phi) is 2.26. The molecule has 2 heteroatoms. The fourth-order valence-electron chi connectivity index (χ4n) is 2.88. The van der Waals surface area contributed by atoms with Gasteiger partial charge in [0.15, 0.2) is 5.78 Å². The molecule has 1 saturated carbocycles. The molecule has 1 fully saturated rings. The van der Waals surface area contributed by atoms with E-state index in [0.717, 1.165) is 19.3 Å². The third-order valence-electron chi connectivity index (χ3n) is 4.01. The van der Waals surface area contributed by atoms with Gasteiger partial charge < -0.3 is 5.11 Å². The van der Waals surface area contributed by atoms with Gasteiger partial charge in [0.25, 0.3) is 0 Å². The Morgan fingerprint density at radius 3 is 2.93 bits per heavy atom. The summed E-state index contributed by atoms with van der Waals surface area (Å²) in [6, 6.07) is 0. The lowest BCUT2D eigenvalue weighted by Crippen LogP contribution is -2.43. The van der Waals surface area contributed by atoms with Crippen LogP contribution in [0, 0.1) is 11.3 Å². The second-order valence-electron chi connectivity index (χ2n) is 4.98. The zero-order valence-electron chi connectivity index (χ0n) is 8.92. The number of allylic oxidation sites excluding steroid dienone is 1. The molecule has 0 radical (unpaired) electrons. The molecule has 2 aliphatic carbocycles. The van der Waals surface area contributed by atoms with E-state index in [1.165, 1.54) is 5.57 Å². The Morgan fingerprint density at radius 2 is 2.21 bits per heavy atom. The SMILES string of the molecule is C[C@@H]1CC[C@@H](O)[C@]2(C)CCC(=O)C=C12. The minimum Gasteiger partial charge on any atom is -0.392 e. The fraction of sp³-hybridized carbons (Fsp3) is 0.750. The lowest BCUT2D eigenvalue weighted by atomic mass is 9.61. The van der Waals surface area contributed by atoms with Crippen molar-refractivity contribution >= 4 is 5.78 Å². The molecule has 14 heavy (non-hydrogen) atoms. The van der Waals surface area contributed by atoms with Crippen molar-refractivity contribution in [1.82, 2.24) is 0 Å². The molecule has 3 atom stereocenters. The largest absolute Gasteiger partial charge is 0.392 e. The number of fused-ring (bicyclic) bond motifs is 1. The van der Waals surface area contributed by atoms with Gasteiger partial charge in [0, 0.05) is 11.8 Å². The first-order chi connectivity index (χ1) is 6.54. The van der Waals surface area contributed by atoms with Crippen LogP contribution in [0.5, 0.6) is 0 Å². The monoisotopic (exact) mass is 194 g/mol. The molecular weight excluding hydrogens is 176 g/mol. The van der Waals surface area contributed by atoms with Crippen LogP contribution in [-0.4, -0.2) is 17.0 Å². The fourth-order valence-corrected chi connectivity index (χ4v) is 2.88. The second-order valence-corrected chi connectivity index (χ2v) is 4.98. The van der Waals surface area contributed by atoms with E-state index in [1.807, 2.05) is 0 Å². The van der Waals surface area contributed by atoms with E-state index in [2.05, 4.69) is 13.8 Å². The van der Waals surface area contributed by atoms with Crippen molar-refractivity contribution in [3.8, 4) is 0 Å². The number of hydrogen-bond donors (Lipinski definition) is 1. The van der Waals surface area contributed by atoms with E-state index in [0.29, 0.717) is 12.3 Å². The highest BCUT2D eigenvalue weighted by molar-refractivity contribution is 5.91. The molecule has 0 amide bonds. The quantitative estimate of drug-likeness (QED) is 0.641. The first kappa shape index (κ1) is 9.91. The predicted molar refractivity (Wildman–Crippen MR) is 54.8 cm³/mol. The Balaban J connectivity index is 2.40. The molecule has 0 saturated heterocycles. The van der Waals surface area contributed by atoms with Crippen LogP contribution in [-0.2, 0) is 4.79 Å². The summed E-state index contributed by atoms with van der Waals surface area (Å²) >= 11 is 0. The number of rotatable bonds is 0. The van der Waals surface area contributed by atoms with Crippen molar-refractivity contribution in [2.75, 3.05) is 0 Å². The molecule has 2 nitrogen and oxygen atoms in total. The van der Waals surface area contributed by atoms with Crippen LogP contribution >= 0.6 is 0 Å². The minimum atomic E-state index is -0.252. The van der Waals surface area contributed by atoms with Crippen LogP contribution < -0.4 is 0 Å². The third kappa shape index (κ3) is 1.33. The summed E-state index contributed by atoms with van der Waals surface area (Å²) in [4.78, 5) is 11.4. The maximum atomic E-state index is 11.4. The van der Waals surface area contributed by atoms with Crippen molar-refractivity contribution in [2.24, 2.45) is 11.3 Å². The van der Waals surface area contributed by atoms with E-state index in [1.54, 1.807) is 6.08 Å². The van der Waals surface area contributed by atoms with E-state index >= 15 is 0 Å². The van der Waals surface area contributed by atoms with Crippen LogP contribution in [0.25, 0.3) is 0 Å². The topological polar surface area (TPSA) is 37.3 Å². The first-order valence-electron chi connectivity index (χ1n) is 5.47. The third-order valence-corrected chi connectivity index (χ3v) is 4.01. The standard InChI is InChI=1S/C12H18O2/c1-8-3-4-11(14)12(2)6-5-9(13)7-10(8)12/h7-8,11,14H,3-6H2,1-2H3/t8-,11-,12-/m1/s1. The molecule has 0 aliphatic heterocycles. The maximum Gasteiger partial charge on any atom is 0.155 e. The van der Waals surface area contributed by atoms with Crippen molar-refractivity contribution in [3.63, 3.8) is 0 Å². The van der Waals surface area contributed by atoms with E-state index in [9.17, 15) is 9.90 Å². The van der Waals surface area contributed by atoms with Crippen molar-refractivity contribution in [1.29, 1.82) is 0 Å². The van der Waals surface area contributed by atoms with Crippen molar-refractivity contribution in [3.05, 3.63) is 11.6 Å². The molecule has 1 N–H and O–H groups in total. The summed E-state index contributed by atoms with van der Waals surface area (Å²) in [7, 11) is 0. The van der Waals surface area contributed by atoms with E-state index in [4.69, 9.17) is 0 Å². The molecule has 0 aromatic heterocycles. The molecular formula is C12H18O2. The average Bonchev–Trinajstić information content (AvgIpc) is 2.16. The smallest absolute Gasteiger partial charge is 0.155 e. The van der Waals surface area contributed by atoms with E-state index < -0.39 is 0 Å². The van der Waals surface area contributed by atoms with Crippen molar-refractivity contribution in [2.45, 2.75) is 45.6 Å². The molecule has 2 rings (SSSR count). The number of carbonyl (C=O) groups excluding carboxylic acids is 1. The molecule has 0 heterocycles. The lowest BCUT2D eigenvalue weighted by molar-refractivity contribution is -0.116. The van der Waals surface area contributed by atoms with Crippen LogP contribution in [0.1, 0.15) is 39.5 Å². The van der Waals surface area contributed by atoms with Crippen LogP contribution in [0.2, 0.25) is 0 Å². The summed E-state index contributed by atoms with van der Waals surface area (Å²) in [6.07, 6.45) is 4.85. The van der Waals surface area contributed by atoms with Gasteiger partial charge in [0.2, 0.25) is 0 Å². The van der Waals surface area contributed by atoms with Gasteiger partial charge in [-0.25, -0.2) is 0 Å². The summed E-state index contributed by atoms with van der Waals surface area (Å²) < 4.78 is 0. The minimum absolute atomic E-state index is 0.119. The molecule has 78 valence electrons. The van der Waals surface area contributed by atoms with Gasteiger partial charge in [-0.15, -0.1) is 0 Å². The lowest BCUT2D eigenvalue weighted by Gasteiger charge is -2.45. The molecule has 0 aromatic carbocycles. The molecule has 0 unspecified atom stereocenters. The van der Waals surface area contributed by atoms with Crippen LogP contribution in [0.3, 0.4) is 0 Å². The Hall–Kier alpha value is -0.630. The number of aliphatic hydroxyl groups excluding tert-OH is 1. The Labute approximate surface area is 85.0 Å². The van der Waals surface area contributed by atoms with Gasteiger partial charge in [0.05, 0.1) is 6.10 Å². The van der Waals surface area contributed by atoms with Crippen molar-refractivity contribution < 1.29 is 9.90 Å². The van der Waals surface area contributed by atoms with Gasteiger partial charge in [-0.2, -0.15) is 0 Å². The Morgan fingerprint density at radius 1 is 1.50 bits per heavy atom. The highest BCUT2D eigenvalue weighted by atomic mass is 16.3. The summed E-state index contributed by atoms with van der Waals surface area (Å²) in [5.41, 5.74) is 1.07. The zero-order chi connectivity index (χ0) is 10.3. The van der Waals surface area contributed by atoms with Gasteiger partial charge in [0.1, 0.15) is 0 Å². The molecule has 2 aliphatic rings. The normalized spacial score (nSPS) is 43.1. The number of ketones is 1. The second kappa shape index (κ2) is 3.20. The number of hydrogen-bond acceptors (Lipinski definition) is 2. The summed E-state index contributed by atoms with van der Waals surface area (Å²) in [5, 5.41) is 10.0. The van der Waals surface area contributed by atoms with Gasteiger partial charge in [-0.05, 0) is 31.3 Å². The number of carbonyl (C=O) groups is 1. The predicted octanol–water partition coefficient (Wildman–Crippen LogP) is 2.07. The Bertz CT molecular complexity index is 293. The summed E-state index contributed by atoms with van der Waals surface area (Å²) in [5.74, 6) is 0.700. The first-order valence-corrected chi connectivity index (χ1v) is 5.47. The maximum absolute atomic E-state index is 11.4.